The van der Waals surface area contributed by atoms with Crippen molar-refractivity contribution < 1.29 is 24.5 Å². The van der Waals surface area contributed by atoms with Crippen molar-refractivity contribution >= 4 is 11.9 Å². The Morgan fingerprint density at radius 1 is 0.429 bits per heavy atom. The van der Waals surface area contributed by atoms with Crippen LogP contribution in [0.3, 0.4) is 0 Å². The van der Waals surface area contributed by atoms with E-state index in [9.17, 15) is 19.8 Å². The molecule has 0 aliphatic carbocycles. The lowest BCUT2D eigenvalue weighted by molar-refractivity contribution is -0.143. The van der Waals surface area contributed by atoms with Crippen molar-refractivity contribution in [1.82, 2.24) is 5.32 Å². The van der Waals surface area contributed by atoms with E-state index in [4.69, 9.17) is 4.74 Å². The van der Waals surface area contributed by atoms with E-state index in [1.165, 1.54) is 193 Å². The molecule has 0 rings (SSSR count). The Hall–Kier alpha value is -1.92. The van der Waals surface area contributed by atoms with Gasteiger partial charge in [0.25, 0.3) is 0 Å². The predicted molar refractivity (Wildman–Crippen MR) is 273 cm³/mol. The van der Waals surface area contributed by atoms with E-state index >= 15 is 0 Å². The van der Waals surface area contributed by atoms with Crippen LogP contribution in [0, 0.1) is 0 Å². The third kappa shape index (κ3) is 49.4. The normalized spacial score (nSPS) is 12.9. The van der Waals surface area contributed by atoms with Crippen molar-refractivity contribution in [2.45, 2.75) is 302 Å². The molecular formula is C57H107NO5. The molecule has 0 spiro atoms. The molecule has 6 nitrogen and oxygen atoms in total. The molecular weight excluding hydrogens is 779 g/mol. The molecule has 2 atom stereocenters. The number of amides is 1. The van der Waals surface area contributed by atoms with Crippen molar-refractivity contribution in [3.63, 3.8) is 0 Å². The molecule has 63 heavy (non-hydrogen) atoms. The van der Waals surface area contributed by atoms with Crippen molar-refractivity contribution in [3.05, 3.63) is 36.5 Å². The molecule has 0 heterocycles. The van der Waals surface area contributed by atoms with Crippen LogP contribution in [0.15, 0.2) is 36.5 Å². The number of ether oxygens (including phenoxy) is 1. The highest BCUT2D eigenvalue weighted by molar-refractivity contribution is 5.76. The van der Waals surface area contributed by atoms with Gasteiger partial charge in [-0.3, -0.25) is 9.59 Å². The molecule has 0 radical (unpaired) electrons. The number of esters is 1. The number of carbonyl (C=O) groups is 2. The summed E-state index contributed by atoms with van der Waals surface area (Å²) in [6.07, 6.45) is 64.6. The highest BCUT2D eigenvalue weighted by atomic mass is 16.5. The molecule has 3 N–H and O–H groups in total. The molecule has 0 saturated heterocycles. The molecule has 0 aromatic rings. The Morgan fingerprint density at radius 3 is 1.17 bits per heavy atom. The number of nitrogens with one attached hydrogen (secondary N) is 1. The summed E-state index contributed by atoms with van der Waals surface area (Å²) in [5.74, 6) is -0.174. The Balaban J connectivity index is 3.57. The van der Waals surface area contributed by atoms with Gasteiger partial charge in [-0.05, 0) is 77.0 Å². The lowest BCUT2D eigenvalue weighted by Gasteiger charge is -2.19. The topological polar surface area (TPSA) is 95.9 Å². The number of hydrogen-bond acceptors (Lipinski definition) is 5. The van der Waals surface area contributed by atoms with E-state index in [-0.39, 0.29) is 18.5 Å². The van der Waals surface area contributed by atoms with Crippen LogP contribution in [0.5, 0.6) is 0 Å². The summed E-state index contributed by atoms with van der Waals surface area (Å²) < 4.78 is 5.43. The Labute approximate surface area is 392 Å². The number of aliphatic hydroxyl groups is 2. The van der Waals surface area contributed by atoms with Crippen molar-refractivity contribution in [2.24, 2.45) is 0 Å². The van der Waals surface area contributed by atoms with Gasteiger partial charge < -0.3 is 20.3 Å². The van der Waals surface area contributed by atoms with Gasteiger partial charge in [0.05, 0.1) is 25.4 Å². The highest BCUT2D eigenvalue weighted by Crippen LogP contribution is 2.16. The third-order valence-corrected chi connectivity index (χ3v) is 12.6. The summed E-state index contributed by atoms with van der Waals surface area (Å²) in [5, 5.41) is 23.1. The summed E-state index contributed by atoms with van der Waals surface area (Å²) >= 11 is 0. The maximum absolute atomic E-state index is 12.4. The first kappa shape index (κ1) is 61.1. The fourth-order valence-electron chi connectivity index (χ4n) is 8.34. The minimum absolute atomic E-state index is 0.0471. The van der Waals surface area contributed by atoms with Gasteiger partial charge in [-0.2, -0.15) is 0 Å². The van der Waals surface area contributed by atoms with Crippen LogP contribution in [0.25, 0.3) is 0 Å². The van der Waals surface area contributed by atoms with E-state index in [1.807, 2.05) is 6.08 Å². The van der Waals surface area contributed by atoms with E-state index in [0.29, 0.717) is 19.4 Å². The van der Waals surface area contributed by atoms with Crippen LogP contribution >= 0.6 is 0 Å². The summed E-state index contributed by atoms with van der Waals surface area (Å²) in [4.78, 5) is 24.5. The van der Waals surface area contributed by atoms with Crippen LogP contribution < -0.4 is 5.32 Å². The molecule has 2 unspecified atom stereocenters. The summed E-state index contributed by atoms with van der Waals surface area (Å²) in [5.41, 5.74) is 0. The molecule has 0 aliphatic rings. The average Bonchev–Trinajstić information content (AvgIpc) is 3.28. The second-order valence-electron chi connectivity index (χ2n) is 18.9. The number of aliphatic hydroxyl groups excluding tert-OH is 2. The minimum atomic E-state index is -0.877. The largest absolute Gasteiger partial charge is 0.466 e. The maximum atomic E-state index is 12.4. The van der Waals surface area contributed by atoms with Gasteiger partial charge in [0, 0.05) is 12.8 Å². The van der Waals surface area contributed by atoms with Crippen LogP contribution in [0.1, 0.15) is 290 Å². The zero-order valence-electron chi connectivity index (χ0n) is 42.1. The molecule has 370 valence electrons. The number of hydrogen-bond donors (Lipinski definition) is 3. The second kappa shape index (κ2) is 52.7. The van der Waals surface area contributed by atoms with E-state index in [1.54, 1.807) is 6.08 Å². The second-order valence-corrected chi connectivity index (χ2v) is 18.9. The number of rotatable bonds is 51. The minimum Gasteiger partial charge on any atom is -0.466 e. The first-order chi connectivity index (χ1) is 31.0. The fraction of sp³-hybridized carbons (Fsp3) is 0.860. The molecule has 0 saturated carbocycles. The summed E-state index contributed by atoms with van der Waals surface area (Å²) in [6.45, 7) is 4.80. The molecule has 0 aromatic carbocycles. The molecule has 6 heteroatoms. The van der Waals surface area contributed by atoms with Gasteiger partial charge in [0.2, 0.25) is 5.91 Å². The van der Waals surface area contributed by atoms with Gasteiger partial charge in [0.15, 0.2) is 0 Å². The SMILES string of the molecule is CCCCCC/C=C\CCCCCCCC(=O)OCCCCCC/C=C\CCCC(=O)NC(CO)C(O)/C=C/CCCCCCCCCCCCCCCCCCCCCCCC. The fourth-order valence-corrected chi connectivity index (χ4v) is 8.34. The summed E-state index contributed by atoms with van der Waals surface area (Å²) in [6, 6.07) is -0.667. The highest BCUT2D eigenvalue weighted by Gasteiger charge is 2.18. The van der Waals surface area contributed by atoms with Gasteiger partial charge in [-0.15, -0.1) is 0 Å². The maximum Gasteiger partial charge on any atom is 0.305 e. The molecule has 0 aromatic heterocycles. The molecule has 1 amide bonds. The Kier molecular flexibility index (Phi) is 51.1. The number of carbonyl (C=O) groups excluding carboxylic acids is 2. The Bertz CT molecular complexity index is 1020. The van der Waals surface area contributed by atoms with Gasteiger partial charge in [0.1, 0.15) is 0 Å². The van der Waals surface area contributed by atoms with Crippen LogP contribution in [0.4, 0.5) is 0 Å². The first-order valence-corrected chi connectivity index (χ1v) is 27.8. The van der Waals surface area contributed by atoms with Crippen LogP contribution in [-0.2, 0) is 14.3 Å². The van der Waals surface area contributed by atoms with Crippen LogP contribution in [0.2, 0.25) is 0 Å². The molecule has 0 bridgehead atoms. The Morgan fingerprint density at radius 2 is 0.762 bits per heavy atom. The van der Waals surface area contributed by atoms with Crippen molar-refractivity contribution in [1.29, 1.82) is 0 Å². The molecule has 0 fully saturated rings. The van der Waals surface area contributed by atoms with E-state index in [2.05, 4.69) is 43.5 Å². The lowest BCUT2D eigenvalue weighted by atomic mass is 10.0. The monoisotopic (exact) mass is 886 g/mol. The first-order valence-electron chi connectivity index (χ1n) is 27.8. The van der Waals surface area contributed by atoms with Gasteiger partial charge in [-0.1, -0.05) is 237 Å². The number of allylic oxidation sites excluding steroid dienone is 5. The standard InChI is InChI=1S/C57H107NO5/c1-3-5-7-9-11-13-15-17-18-19-20-21-22-23-24-25-26-27-29-30-33-37-41-45-49-55(60)54(53-59)58-56(61)50-46-42-38-34-32-36-40-44-48-52-63-57(62)51-47-43-39-35-31-28-16-14-12-10-8-6-4-2/h14,16,34,38,45,49,54-55,59-60H,3-13,15,17-33,35-37,39-44,46-48,50-53H2,1-2H3,(H,58,61)/b16-14-,38-34-,49-45+. The average molecular weight is 886 g/mol. The summed E-state index contributed by atoms with van der Waals surface area (Å²) in [7, 11) is 0. The van der Waals surface area contributed by atoms with Crippen molar-refractivity contribution in [3.8, 4) is 0 Å². The third-order valence-electron chi connectivity index (χ3n) is 12.6. The van der Waals surface area contributed by atoms with Gasteiger partial charge in [-0.25, -0.2) is 0 Å². The predicted octanol–water partition coefficient (Wildman–Crippen LogP) is 16.9. The molecule has 0 aliphatic heterocycles. The van der Waals surface area contributed by atoms with Crippen molar-refractivity contribution in [2.75, 3.05) is 13.2 Å². The lowest BCUT2D eigenvalue weighted by Crippen LogP contribution is -2.45. The number of unbranched alkanes of at least 4 members (excludes halogenated alkanes) is 36. The zero-order valence-corrected chi connectivity index (χ0v) is 42.1. The van der Waals surface area contributed by atoms with Gasteiger partial charge >= 0.3 is 5.97 Å². The van der Waals surface area contributed by atoms with Crippen LogP contribution in [-0.4, -0.2) is 47.4 Å². The smallest absolute Gasteiger partial charge is 0.305 e. The van der Waals surface area contributed by atoms with E-state index < -0.39 is 12.1 Å². The quantitative estimate of drug-likeness (QED) is 0.0321. The zero-order chi connectivity index (χ0) is 45.8. The van der Waals surface area contributed by atoms with E-state index in [0.717, 1.165) is 70.6 Å².